The van der Waals surface area contributed by atoms with Crippen molar-refractivity contribution in [1.82, 2.24) is 4.90 Å². The lowest BCUT2D eigenvalue weighted by Crippen LogP contribution is -2.37. The number of nitrogens with zero attached hydrogens (tertiary/aromatic N) is 1. The van der Waals surface area contributed by atoms with Gasteiger partial charge in [0.2, 0.25) is 5.91 Å². The van der Waals surface area contributed by atoms with Gasteiger partial charge in [0.05, 0.1) is 6.04 Å². The normalized spacial score (nSPS) is 22.2. The van der Waals surface area contributed by atoms with Crippen LogP contribution in [0.3, 0.4) is 0 Å². The fraction of sp³-hybridized carbons (Fsp3) is 0.750. The van der Waals surface area contributed by atoms with Crippen LogP contribution in [-0.2, 0) is 14.4 Å². The van der Waals surface area contributed by atoms with Crippen molar-refractivity contribution >= 4 is 17.5 Å². The molecule has 136 valence electrons. The average Bonchev–Trinajstić information content (AvgIpc) is 2.67. The number of hydrogen-bond acceptors (Lipinski definition) is 3. The zero-order valence-electron chi connectivity index (χ0n) is 16.1. The highest BCUT2D eigenvalue weighted by molar-refractivity contribution is 6.23. The molecule has 0 spiro atoms. The molecule has 1 amide bonds. The molecular formula is C20H33NO3. The van der Waals surface area contributed by atoms with Gasteiger partial charge in [0.15, 0.2) is 11.7 Å². The van der Waals surface area contributed by atoms with Crippen molar-refractivity contribution in [2.24, 2.45) is 17.8 Å². The van der Waals surface area contributed by atoms with Gasteiger partial charge < -0.3 is 4.90 Å². The van der Waals surface area contributed by atoms with Crippen molar-refractivity contribution in [2.45, 2.75) is 73.3 Å². The van der Waals surface area contributed by atoms with Crippen LogP contribution in [0.15, 0.2) is 11.6 Å². The minimum absolute atomic E-state index is 0.196. The summed E-state index contributed by atoms with van der Waals surface area (Å²) in [6, 6.07) is -0.420. The van der Waals surface area contributed by atoms with Gasteiger partial charge in [0.1, 0.15) is 5.78 Å². The predicted octanol–water partition coefficient (Wildman–Crippen LogP) is 3.79. The van der Waals surface area contributed by atoms with Gasteiger partial charge in [-0.25, -0.2) is 0 Å². The summed E-state index contributed by atoms with van der Waals surface area (Å²) in [7, 11) is 0. The van der Waals surface area contributed by atoms with E-state index in [0.717, 1.165) is 19.3 Å². The summed E-state index contributed by atoms with van der Waals surface area (Å²) in [5, 5.41) is 0. The molecule has 4 heteroatoms. The third-order valence-corrected chi connectivity index (χ3v) is 4.70. The number of allylic oxidation sites excluding steroid dienone is 2. The van der Waals surface area contributed by atoms with Crippen LogP contribution in [0.1, 0.15) is 67.2 Å². The van der Waals surface area contributed by atoms with E-state index in [1.165, 1.54) is 12.5 Å². The Labute approximate surface area is 146 Å². The van der Waals surface area contributed by atoms with E-state index >= 15 is 0 Å². The fourth-order valence-electron chi connectivity index (χ4n) is 3.28. The summed E-state index contributed by atoms with van der Waals surface area (Å²) in [5.41, 5.74) is 1.32. The second-order valence-corrected chi connectivity index (χ2v) is 7.88. The molecule has 0 aromatic heterocycles. The molecule has 0 N–H and O–H groups in total. The Morgan fingerprint density at radius 2 is 1.75 bits per heavy atom. The van der Waals surface area contributed by atoms with Crippen LogP contribution in [0.2, 0.25) is 0 Å². The molecule has 0 aromatic carbocycles. The SMILES string of the molecule is CC(=O)C1C(=O)[C@H](CC(C)C)N(CCC(C)CCC=C(C)C)C1=O. The first-order valence-corrected chi connectivity index (χ1v) is 9.13. The molecule has 0 radical (unpaired) electrons. The molecule has 1 aliphatic heterocycles. The molecule has 24 heavy (non-hydrogen) atoms. The first-order valence-electron chi connectivity index (χ1n) is 9.13. The van der Waals surface area contributed by atoms with E-state index in [2.05, 4.69) is 26.8 Å². The number of carbonyl (C=O) groups excluding carboxylic acids is 3. The lowest BCUT2D eigenvalue weighted by molar-refractivity contribution is -0.138. The maximum Gasteiger partial charge on any atom is 0.241 e. The Bertz CT molecular complexity index is 503. The van der Waals surface area contributed by atoms with Gasteiger partial charge >= 0.3 is 0 Å². The van der Waals surface area contributed by atoms with Crippen molar-refractivity contribution in [3.05, 3.63) is 11.6 Å². The standard InChI is InChI=1S/C20H33NO3/c1-13(2)8-7-9-15(5)10-11-21-17(12-14(3)4)19(23)18(16(6)22)20(21)24/h8,14-15,17-18H,7,9-12H2,1-6H3/t15?,17-,18?/m0/s1. The van der Waals surface area contributed by atoms with Gasteiger partial charge in [0.25, 0.3) is 0 Å². The molecule has 1 rings (SSSR count). The first-order chi connectivity index (χ1) is 11.1. The van der Waals surface area contributed by atoms with Gasteiger partial charge in [-0.15, -0.1) is 0 Å². The van der Waals surface area contributed by atoms with Gasteiger partial charge in [0, 0.05) is 6.54 Å². The van der Waals surface area contributed by atoms with Crippen LogP contribution < -0.4 is 0 Å². The summed E-state index contributed by atoms with van der Waals surface area (Å²) in [4.78, 5) is 38.4. The lowest BCUT2D eigenvalue weighted by atomic mass is 9.94. The van der Waals surface area contributed by atoms with Crippen LogP contribution in [0.25, 0.3) is 0 Å². The quantitative estimate of drug-likeness (QED) is 0.476. The van der Waals surface area contributed by atoms with Crippen molar-refractivity contribution in [1.29, 1.82) is 0 Å². The number of Topliss-reactive ketones (excluding diaryl/α,β-unsaturated/α-hetero) is 2. The number of hydrogen-bond donors (Lipinski definition) is 0. The highest BCUT2D eigenvalue weighted by Gasteiger charge is 2.48. The third-order valence-electron chi connectivity index (χ3n) is 4.70. The Kier molecular flexibility index (Phi) is 7.85. The summed E-state index contributed by atoms with van der Waals surface area (Å²) in [6.07, 6.45) is 5.86. The smallest absolute Gasteiger partial charge is 0.241 e. The van der Waals surface area contributed by atoms with E-state index < -0.39 is 12.0 Å². The number of likely N-dealkylation sites (tertiary alicyclic amines) is 1. The van der Waals surface area contributed by atoms with Crippen LogP contribution in [0.5, 0.6) is 0 Å². The Hall–Kier alpha value is -1.45. The van der Waals surface area contributed by atoms with E-state index in [4.69, 9.17) is 0 Å². The van der Waals surface area contributed by atoms with E-state index in [1.54, 1.807) is 4.90 Å². The minimum atomic E-state index is -1.06. The van der Waals surface area contributed by atoms with Gasteiger partial charge in [-0.05, 0) is 58.3 Å². The highest BCUT2D eigenvalue weighted by Crippen LogP contribution is 2.28. The molecular weight excluding hydrogens is 302 g/mol. The van der Waals surface area contributed by atoms with Crippen LogP contribution in [0.4, 0.5) is 0 Å². The number of carbonyl (C=O) groups is 3. The molecule has 1 heterocycles. The Balaban J connectivity index is 2.71. The molecule has 0 saturated carbocycles. The molecule has 4 nitrogen and oxygen atoms in total. The lowest BCUT2D eigenvalue weighted by Gasteiger charge is -2.26. The zero-order valence-corrected chi connectivity index (χ0v) is 16.1. The molecule has 1 fully saturated rings. The van der Waals surface area contributed by atoms with Crippen LogP contribution in [-0.4, -0.2) is 35.0 Å². The molecule has 0 aliphatic carbocycles. The Morgan fingerprint density at radius 1 is 1.12 bits per heavy atom. The second kappa shape index (κ2) is 9.14. The molecule has 3 atom stereocenters. The van der Waals surface area contributed by atoms with E-state index in [9.17, 15) is 14.4 Å². The maximum atomic E-state index is 12.5. The van der Waals surface area contributed by atoms with Crippen molar-refractivity contribution < 1.29 is 14.4 Å². The average molecular weight is 335 g/mol. The van der Waals surface area contributed by atoms with E-state index in [0.29, 0.717) is 24.8 Å². The monoisotopic (exact) mass is 335 g/mol. The fourth-order valence-corrected chi connectivity index (χ4v) is 3.28. The van der Waals surface area contributed by atoms with E-state index in [-0.39, 0.29) is 17.5 Å². The highest BCUT2D eigenvalue weighted by atomic mass is 16.2. The molecule has 0 aromatic rings. The van der Waals surface area contributed by atoms with Gasteiger partial charge in [-0.1, -0.05) is 32.4 Å². The second-order valence-electron chi connectivity index (χ2n) is 7.88. The van der Waals surface area contributed by atoms with Gasteiger partial charge in [-0.2, -0.15) is 0 Å². The van der Waals surface area contributed by atoms with Crippen molar-refractivity contribution in [3.63, 3.8) is 0 Å². The number of rotatable bonds is 9. The topological polar surface area (TPSA) is 54.5 Å². The molecule has 2 unspecified atom stereocenters. The summed E-state index contributed by atoms with van der Waals surface area (Å²) in [5.74, 6) is -1.06. The maximum absolute atomic E-state index is 12.5. The Morgan fingerprint density at radius 3 is 2.25 bits per heavy atom. The number of ketones is 2. The zero-order chi connectivity index (χ0) is 18.4. The molecule has 1 saturated heterocycles. The molecule has 1 aliphatic rings. The first kappa shape index (κ1) is 20.6. The third kappa shape index (κ3) is 5.57. The van der Waals surface area contributed by atoms with Gasteiger partial charge in [-0.3, -0.25) is 14.4 Å². The van der Waals surface area contributed by atoms with Crippen molar-refractivity contribution in [2.75, 3.05) is 6.54 Å². The summed E-state index contributed by atoms with van der Waals surface area (Å²) >= 11 is 0. The predicted molar refractivity (Wildman–Crippen MR) is 96.6 cm³/mol. The van der Waals surface area contributed by atoms with Crippen LogP contribution in [0, 0.1) is 17.8 Å². The summed E-state index contributed by atoms with van der Waals surface area (Å²) < 4.78 is 0. The summed E-state index contributed by atoms with van der Waals surface area (Å²) in [6.45, 7) is 12.4. The molecule has 0 bridgehead atoms. The van der Waals surface area contributed by atoms with Crippen LogP contribution >= 0.6 is 0 Å². The number of amides is 1. The largest absolute Gasteiger partial charge is 0.332 e. The van der Waals surface area contributed by atoms with E-state index in [1.807, 2.05) is 13.8 Å². The van der Waals surface area contributed by atoms with Crippen molar-refractivity contribution in [3.8, 4) is 0 Å². The minimum Gasteiger partial charge on any atom is -0.332 e.